The highest BCUT2D eigenvalue weighted by atomic mass is 19.1. The van der Waals surface area contributed by atoms with Crippen LogP contribution in [0, 0.1) is 0 Å². The van der Waals surface area contributed by atoms with Gasteiger partial charge >= 0.3 is 0 Å². The van der Waals surface area contributed by atoms with Crippen LogP contribution in [-0.4, -0.2) is 55.2 Å². The molecule has 1 aliphatic heterocycles. The van der Waals surface area contributed by atoms with Crippen molar-refractivity contribution >= 4 is 0 Å². The van der Waals surface area contributed by atoms with E-state index in [0.717, 1.165) is 19.6 Å². The van der Waals surface area contributed by atoms with Crippen molar-refractivity contribution in [3.63, 3.8) is 0 Å². The molecule has 1 heterocycles. The fourth-order valence-electron chi connectivity index (χ4n) is 1.61. The third-order valence-corrected chi connectivity index (χ3v) is 2.72. The van der Waals surface area contributed by atoms with Crippen LogP contribution in [0.15, 0.2) is 0 Å². The van der Waals surface area contributed by atoms with E-state index >= 15 is 0 Å². The fraction of sp³-hybridized carbons (Fsp3) is 1.00. The third-order valence-electron chi connectivity index (χ3n) is 2.72. The molecule has 0 spiro atoms. The Balaban J connectivity index is 2.44. The van der Waals surface area contributed by atoms with Gasteiger partial charge in [0.25, 0.3) is 0 Å². The zero-order valence-corrected chi connectivity index (χ0v) is 8.26. The molecule has 0 bridgehead atoms. The van der Waals surface area contributed by atoms with Gasteiger partial charge in [-0.25, -0.2) is 4.39 Å². The summed E-state index contributed by atoms with van der Waals surface area (Å²) in [5.74, 6) is 0. The molecule has 0 saturated carbocycles. The first-order chi connectivity index (χ1) is 5.65. The lowest BCUT2D eigenvalue weighted by atomic mass is 10.1. The predicted octanol–water partition coefficient (Wildman–Crippen LogP) is 0.980. The molecular weight excluding hydrogens is 155 g/mol. The number of likely N-dealkylation sites (N-methyl/N-ethyl adjacent to an activating group) is 1. The van der Waals surface area contributed by atoms with Crippen molar-refractivity contribution in [3.8, 4) is 0 Å². The molecule has 0 aliphatic carbocycles. The van der Waals surface area contributed by atoms with Crippen molar-refractivity contribution in [3.05, 3.63) is 0 Å². The second kappa shape index (κ2) is 4.19. The molecule has 1 atom stereocenters. The molecule has 12 heavy (non-hydrogen) atoms. The molecule has 0 aromatic carbocycles. The first-order valence-electron chi connectivity index (χ1n) is 4.65. The van der Waals surface area contributed by atoms with Gasteiger partial charge in [-0.3, -0.25) is 9.80 Å². The highest BCUT2D eigenvalue weighted by Gasteiger charge is 2.25. The Morgan fingerprint density at radius 1 is 1.42 bits per heavy atom. The number of nitrogens with zero attached hydrogens (tertiary/aromatic N) is 2. The van der Waals surface area contributed by atoms with Gasteiger partial charge in [-0.1, -0.05) is 0 Å². The zero-order chi connectivity index (χ0) is 9.14. The van der Waals surface area contributed by atoms with E-state index in [1.807, 2.05) is 7.05 Å². The molecule has 0 amide bonds. The lowest BCUT2D eigenvalue weighted by molar-refractivity contribution is 0.0618. The van der Waals surface area contributed by atoms with Crippen LogP contribution < -0.4 is 0 Å². The van der Waals surface area contributed by atoms with E-state index in [0.29, 0.717) is 6.04 Å². The van der Waals surface area contributed by atoms with Gasteiger partial charge in [0, 0.05) is 25.7 Å². The molecule has 0 radical (unpaired) electrons. The van der Waals surface area contributed by atoms with Crippen LogP contribution in [0.2, 0.25) is 0 Å². The van der Waals surface area contributed by atoms with E-state index in [1.54, 1.807) is 0 Å². The summed E-state index contributed by atoms with van der Waals surface area (Å²) >= 11 is 0. The average Bonchev–Trinajstić information content (AvgIpc) is 2.05. The number of piperazine rings is 1. The smallest absolute Gasteiger partial charge is 0.106 e. The van der Waals surface area contributed by atoms with Crippen LogP contribution >= 0.6 is 0 Å². The minimum Gasteiger partial charge on any atom is -0.298 e. The molecule has 0 aromatic rings. The quantitative estimate of drug-likeness (QED) is 0.616. The average molecular weight is 174 g/mol. The number of hydrogen-bond donors (Lipinski definition) is 0. The zero-order valence-electron chi connectivity index (χ0n) is 8.26. The lowest BCUT2D eigenvalue weighted by Crippen LogP contribution is -2.54. The summed E-state index contributed by atoms with van der Waals surface area (Å²) in [6.07, 6.45) is 0. The normalized spacial score (nSPS) is 28.2. The van der Waals surface area contributed by atoms with E-state index in [4.69, 9.17) is 0 Å². The van der Waals surface area contributed by atoms with Crippen molar-refractivity contribution < 1.29 is 4.39 Å². The first kappa shape index (κ1) is 9.93. The standard InChI is InChI=1S/C9H19FN2/c1-8(2)12-5-4-11(3)9(6-10)7-12/h8-9H,4-7H2,1-3H3. The minimum atomic E-state index is -0.222. The highest BCUT2D eigenvalue weighted by molar-refractivity contribution is 4.80. The summed E-state index contributed by atoms with van der Waals surface area (Å²) in [5, 5.41) is 0. The second-order valence-corrected chi connectivity index (χ2v) is 3.88. The molecule has 0 aromatic heterocycles. The van der Waals surface area contributed by atoms with Crippen LogP contribution in [0.3, 0.4) is 0 Å². The van der Waals surface area contributed by atoms with E-state index in [2.05, 4.69) is 23.6 Å². The maximum atomic E-state index is 12.5. The van der Waals surface area contributed by atoms with Crippen molar-refractivity contribution in [1.29, 1.82) is 0 Å². The Morgan fingerprint density at radius 2 is 2.08 bits per heavy atom. The van der Waals surface area contributed by atoms with Crippen LogP contribution in [0.4, 0.5) is 4.39 Å². The Labute approximate surface area is 74.3 Å². The molecule has 2 nitrogen and oxygen atoms in total. The minimum absolute atomic E-state index is 0.112. The first-order valence-corrected chi connectivity index (χ1v) is 4.65. The van der Waals surface area contributed by atoms with Crippen molar-refractivity contribution in [2.75, 3.05) is 33.4 Å². The topological polar surface area (TPSA) is 6.48 Å². The summed E-state index contributed by atoms with van der Waals surface area (Å²) in [6.45, 7) is 7.06. The van der Waals surface area contributed by atoms with Gasteiger partial charge < -0.3 is 0 Å². The van der Waals surface area contributed by atoms with E-state index < -0.39 is 0 Å². The van der Waals surface area contributed by atoms with E-state index in [-0.39, 0.29) is 12.7 Å². The predicted molar refractivity (Wildman–Crippen MR) is 49.1 cm³/mol. The largest absolute Gasteiger partial charge is 0.298 e. The third kappa shape index (κ3) is 2.17. The highest BCUT2D eigenvalue weighted by Crippen LogP contribution is 2.10. The van der Waals surface area contributed by atoms with Crippen LogP contribution in [0.5, 0.6) is 0 Å². The van der Waals surface area contributed by atoms with Gasteiger partial charge in [-0.2, -0.15) is 0 Å². The van der Waals surface area contributed by atoms with E-state index in [9.17, 15) is 4.39 Å². The summed E-state index contributed by atoms with van der Waals surface area (Å²) in [5.41, 5.74) is 0. The molecule has 72 valence electrons. The second-order valence-electron chi connectivity index (χ2n) is 3.88. The van der Waals surface area contributed by atoms with Crippen molar-refractivity contribution in [1.82, 2.24) is 9.80 Å². The summed E-state index contributed by atoms with van der Waals surface area (Å²) in [4.78, 5) is 4.45. The monoisotopic (exact) mass is 174 g/mol. The van der Waals surface area contributed by atoms with Gasteiger partial charge in [-0.15, -0.1) is 0 Å². The van der Waals surface area contributed by atoms with Crippen LogP contribution in [-0.2, 0) is 0 Å². The number of alkyl halides is 1. The summed E-state index contributed by atoms with van der Waals surface area (Å²) < 4.78 is 12.5. The Kier molecular flexibility index (Phi) is 3.47. The van der Waals surface area contributed by atoms with Crippen molar-refractivity contribution in [2.45, 2.75) is 25.9 Å². The SMILES string of the molecule is CC(C)N1CCN(C)C(CF)C1. The van der Waals surface area contributed by atoms with Crippen molar-refractivity contribution in [2.24, 2.45) is 0 Å². The van der Waals surface area contributed by atoms with Crippen LogP contribution in [0.1, 0.15) is 13.8 Å². The molecule has 1 rings (SSSR count). The van der Waals surface area contributed by atoms with Gasteiger partial charge in [0.05, 0.1) is 6.04 Å². The molecule has 1 aliphatic rings. The fourth-order valence-corrected chi connectivity index (χ4v) is 1.61. The summed E-state index contributed by atoms with van der Waals surface area (Å²) in [6, 6.07) is 0.661. The maximum absolute atomic E-state index is 12.5. The molecule has 0 N–H and O–H groups in total. The van der Waals surface area contributed by atoms with Gasteiger partial charge in [0.15, 0.2) is 0 Å². The molecular formula is C9H19FN2. The number of halogens is 1. The van der Waals surface area contributed by atoms with Gasteiger partial charge in [0.2, 0.25) is 0 Å². The lowest BCUT2D eigenvalue weighted by Gasteiger charge is -2.40. The molecule has 1 saturated heterocycles. The molecule has 3 heteroatoms. The molecule has 1 unspecified atom stereocenters. The summed E-state index contributed by atoms with van der Waals surface area (Å²) in [7, 11) is 2.00. The Bertz CT molecular complexity index is 138. The van der Waals surface area contributed by atoms with Crippen LogP contribution in [0.25, 0.3) is 0 Å². The Hall–Kier alpha value is -0.150. The molecule has 1 fully saturated rings. The number of hydrogen-bond acceptors (Lipinski definition) is 2. The van der Waals surface area contributed by atoms with Gasteiger partial charge in [-0.05, 0) is 20.9 Å². The van der Waals surface area contributed by atoms with E-state index in [1.165, 1.54) is 0 Å². The number of rotatable bonds is 2. The maximum Gasteiger partial charge on any atom is 0.106 e. The van der Waals surface area contributed by atoms with Gasteiger partial charge in [0.1, 0.15) is 6.67 Å². The Morgan fingerprint density at radius 3 is 2.58 bits per heavy atom.